The zero-order chi connectivity index (χ0) is 26.3. The lowest BCUT2D eigenvalue weighted by atomic mass is 9.98. The monoisotopic (exact) mass is 526 g/mol. The smallest absolute Gasteiger partial charge is 0.171 e. The third kappa shape index (κ3) is 4.84. The average Bonchev–Trinajstić information content (AvgIpc) is 3.55. The van der Waals surface area contributed by atoms with Gasteiger partial charge in [-0.25, -0.2) is 14.4 Å². The number of nitrogens with one attached hydrogen (secondary N) is 1. The fourth-order valence-electron chi connectivity index (χ4n) is 4.80. The van der Waals surface area contributed by atoms with E-state index < -0.39 is 11.9 Å². The number of hydrogen-bond acceptors (Lipinski definition) is 8. The first-order valence-corrected chi connectivity index (χ1v) is 12.4. The molecule has 1 aliphatic carbocycles. The number of aromatic nitrogens is 5. The molecule has 11 heteroatoms. The molecule has 0 saturated heterocycles. The van der Waals surface area contributed by atoms with Gasteiger partial charge in [0.1, 0.15) is 29.9 Å². The Labute approximate surface area is 218 Å². The standard InChI is InChI=1S/C26H28ClFN6O3/c1-13-22(14(2)37-33-13)25-23(28)24(15-7-16-10-30-34(4)21(16)8-15)31-26(32-25)19-9-18(5-6-20(19)27)36-12-17(35)11-29-3/h5-6,9-10,15,17,29,35H,7-8,11-12H2,1-4H3/t15?,17-/m1/s1. The molecule has 37 heavy (non-hydrogen) atoms. The minimum Gasteiger partial charge on any atom is -0.491 e. The van der Waals surface area contributed by atoms with Gasteiger partial charge in [0, 0.05) is 30.8 Å². The molecule has 0 fully saturated rings. The van der Waals surface area contributed by atoms with E-state index in [9.17, 15) is 5.11 Å². The van der Waals surface area contributed by atoms with Crippen molar-refractivity contribution in [2.45, 2.75) is 38.7 Å². The van der Waals surface area contributed by atoms with Crippen LogP contribution in [0, 0.1) is 19.7 Å². The number of aryl methyl sites for hydroxylation is 3. The van der Waals surface area contributed by atoms with Crippen molar-refractivity contribution < 1.29 is 18.8 Å². The Bertz CT molecular complexity index is 1430. The zero-order valence-electron chi connectivity index (χ0n) is 21.0. The number of aliphatic hydroxyl groups is 1. The molecule has 4 aromatic rings. The molecule has 0 amide bonds. The Morgan fingerprint density at radius 1 is 1.30 bits per heavy atom. The molecule has 0 bridgehead atoms. The van der Waals surface area contributed by atoms with E-state index in [2.05, 4.69) is 20.6 Å². The van der Waals surface area contributed by atoms with Crippen molar-refractivity contribution in [1.29, 1.82) is 0 Å². The summed E-state index contributed by atoms with van der Waals surface area (Å²) in [5, 5.41) is 21.6. The van der Waals surface area contributed by atoms with Crippen molar-refractivity contribution in [3.63, 3.8) is 0 Å². The predicted molar refractivity (Wildman–Crippen MR) is 136 cm³/mol. The second kappa shape index (κ2) is 10.2. The van der Waals surface area contributed by atoms with E-state index >= 15 is 4.39 Å². The summed E-state index contributed by atoms with van der Waals surface area (Å²) in [7, 11) is 3.64. The van der Waals surface area contributed by atoms with E-state index in [0.29, 0.717) is 58.4 Å². The lowest BCUT2D eigenvalue weighted by Gasteiger charge is -2.16. The minimum atomic E-state index is -0.678. The molecule has 0 spiro atoms. The lowest BCUT2D eigenvalue weighted by molar-refractivity contribution is 0.108. The molecular weight excluding hydrogens is 499 g/mol. The van der Waals surface area contributed by atoms with Gasteiger partial charge in [-0.1, -0.05) is 16.8 Å². The molecule has 1 unspecified atom stereocenters. The molecule has 5 rings (SSSR count). The van der Waals surface area contributed by atoms with Gasteiger partial charge in [0.2, 0.25) is 0 Å². The minimum absolute atomic E-state index is 0.0934. The first-order valence-electron chi connectivity index (χ1n) is 12.0. The number of rotatable bonds is 8. The van der Waals surface area contributed by atoms with Gasteiger partial charge < -0.3 is 19.7 Å². The van der Waals surface area contributed by atoms with Crippen LogP contribution in [0.15, 0.2) is 28.9 Å². The third-order valence-electron chi connectivity index (χ3n) is 6.65. The quantitative estimate of drug-likeness (QED) is 0.357. The van der Waals surface area contributed by atoms with Crippen LogP contribution in [0.5, 0.6) is 5.75 Å². The molecule has 0 radical (unpaired) electrons. The van der Waals surface area contributed by atoms with Crippen molar-refractivity contribution >= 4 is 11.6 Å². The first-order chi connectivity index (χ1) is 17.8. The van der Waals surface area contributed by atoms with Crippen LogP contribution in [-0.4, -0.2) is 56.3 Å². The molecule has 2 N–H and O–H groups in total. The average molecular weight is 527 g/mol. The largest absolute Gasteiger partial charge is 0.491 e. The fourth-order valence-corrected chi connectivity index (χ4v) is 5.00. The van der Waals surface area contributed by atoms with Gasteiger partial charge in [0.25, 0.3) is 0 Å². The number of nitrogens with zero attached hydrogens (tertiary/aromatic N) is 5. The van der Waals surface area contributed by atoms with Gasteiger partial charge in [-0.15, -0.1) is 0 Å². The van der Waals surface area contributed by atoms with Crippen LogP contribution in [-0.2, 0) is 19.9 Å². The van der Waals surface area contributed by atoms with Crippen molar-refractivity contribution in [3.05, 3.63) is 63.6 Å². The van der Waals surface area contributed by atoms with Crippen LogP contribution in [0.25, 0.3) is 22.6 Å². The number of likely N-dealkylation sites (N-methyl/N-ethyl adjacent to an activating group) is 1. The third-order valence-corrected chi connectivity index (χ3v) is 6.98. The summed E-state index contributed by atoms with van der Waals surface area (Å²) in [5.41, 5.74) is 4.11. The SMILES string of the molecule is CNC[C@@H](O)COc1ccc(Cl)c(-c2nc(-c3c(C)noc3C)c(F)c(C3Cc4cnn(C)c4C3)n2)c1. The molecule has 0 saturated carbocycles. The molecular formula is C26H28ClFN6O3. The second-order valence-corrected chi connectivity index (χ2v) is 9.71. The Morgan fingerprint density at radius 3 is 2.81 bits per heavy atom. The predicted octanol–water partition coefficient (Wildman–Crippen LogP) is 3.78. The van der Waals surface area contributed by atoms with Crippen LogP contribution in [0.2, 0.25) is 5.02 Å². The number of benzene rings is 1. The van der Waals surface area contributed by atoms with E-state index in [1.54, 1.807) is 39.1 Å². The van der Waals surface area contributed by atoms with Crippen LogP contribution >= 0.6 is 11.6 Å². The van der Waals surface area contributed by atoms with Crippen LogP contribution < -0.4 is 10.1 Å². The Balaban J connectivity index is 1.60. The number of aliphatic hydroxyl groups excluding tert-OH is 1. The maximum absolute atomic E-state index is 16.1. The van der Waals surface area contributed by atoms with E-state index in [1.807, 2.05) is 17.9 Å². The Kier molecular flexibility index (Phi) is 6.98. The molecule has 9 nitrogen and oxygen atoms in total. The maximum atomic E-state index is 16.1. The summed E-state index contributed by atoms with van der Waals surface area (Å²) in [5.74, 6) is 0.541. The number of fused-ring (bicyclic) bond motifs is 1. The molecule has 3 aromatic heterocycles. The normalized spacial score (nSPS) is 15.7. The molecule has 1 aliphatic rings. The van der Waals surface area contributed by atoms with E-state index in [4.69, 9.17) is 25.8 Å². The highest BCUT2D eigenvalue weighted by molar-refractivity contribution is 6.33. The molecule has 0 aliphatic heterocycles. The van der Waals surface area contributed by atoms with Gasteiger partial charge in [0.05, 0.1) is 28.2 Å². The van der Waals surface area contributed by atoms with Crippen molar-refractivity contribution in [3.8, 4) is 28.4 Å². The van der Waals surface area contributed by atoms with Gasteiger partial charge in [0.15, 0.2) is 11.6 Å². The summed E-state index contributed by atoms with van der Waals surface area (Å²) >= 11 is 6.58. The van der Waals surface area contributed by atoms with E-state index in [0.717, 1.165) is 11.3 Å². The summed E-state index contributed by atoms with van der Waals surface area (Å²) in [6, 6.07) is 5.09. The van der Waals surface area contributed by atoms with Crippen LogP contribution in [0.1, 0.15) is 34.3 Å². The number of halogens is 2. The molecule has 1 aromatic carbocycles. The van der Waals surface area contributed by atoms with Crippen molar-refractivity contribution in [1.82, 2.24) is 30.2 Å². The fraction of sp³-hybridized carbons (Fsp3) is 0.385. The summed E-state index contributed by atoms with van der Waals surface area (Å²) < 4.78 is 29.0. The molecule has 194 valence electrons. The highest BCUT2D eigenvalue weighted by Gasteiger charge is 2.32. The topological polar surface area (TPSA) is 111 Å². The summed E-state index contributed by atoms with van der Waals surface area (Å²) in [6.07, 6.45) is 2.38. The van der Waals surface area contributed by atoms with E-state index in [1.165, 1.54) is 0 Å². The molecule has 3 heterocycles. The first kappa shape index (κ1) is 25.3. The maximum Gasteiger partial charge on any atom is 0.171 e. The van der Waals surface area contributed by atoms with Gasteiger partial charge in [-0.3, -0.25) is 4.68 Å². The van der Waals surface area contributed by atoms with Crippen LogP contribution in [0.3, 0.4) is 0 Å². The van der Waals surface area contributed by atoms with Gasteiger partial charge >= 0.3 is 0 Å². The van der Waals surface area contributed by atoms with E-state index in [-0.39, 0.29) is 24.0 Å². The van der Waals surface area contributed by atoms with Gasteiger partial charge in [-0.05, 0) is 57.5 Å². The lowest BCUT2D eigenvalue weighted by Crippen LogP contribution is -2.29. The van der Waals surface area contributed by atoms with Gasteiger partial charge in [-0.2, -0.15) is 5.10 Å². The highest BCUT2D eigenvalue weighted by Crippen LogP contribution is 2.39. The van der Waals surface area contributed by atoms with Crippen molar-refractivity contribution in [2.75, 3.05) is 20.2 Å². The van der Waals surface area contributed by atoms with Crippen LogP contribution in [0.4, 0.5) is 4.39 Å². The number of ether oxygens (including phenoxy) is 1. The second-order valence-electron chi connectivity index (χ2n) is 9.30. The Morgan fingerprint density at radius 2 is 2.11 bits per heavy atom. The highest BCUT2D eigenvalue weighted by atomic mass is 35.5. The summed E-state index contributed by atoms with van der Waals surface area (Å²) in [4.78, 5) is 9.32. The Hall–Kier alpha value is -3.34. The summed E-state index contributed by atoms with van der Waals surface area (Å²) in [6.45, 7) is 3.97. The zero-order valence-corrected chi connectivity index (χ0v) is 21.8. The molecule has 2 atom stereocenters. The van der Waals surface area contributed by atoms with Crippen molar-refractivity contribution in [2.24, 2.45) is 7.05 Å². The number of hydrogen-bond donors (Lipinski definition) is 2.